The molecule has 1 fully saturated rings. The van der Waals surface area contributed by atoms with Gasteiger partial charge < -0.3 is 14.2 Å². The number of rotatable bonds is 6. The number of aromatic nitrogens is 1. The summed E-state index contributed by atoms with van der Waals surface area (Å²) in [6.45, 7) is 0.794. The highest BCUT2D eigenvalue weighted by Crippen LogP contribution is 2.42. The van der Waals surface area contributed by atoms with Gasteiger partial charge in [-0.1, -0.05) is 0 Å². The number of carbonyl (C=O) groups is 1. The van der Waals surface area contributed by atoms with Crippen molar-refractivity contribution < 1.29 is 19.0 Å². The molecule has 6 heteroatoms. The second kappa shape index (κ2) is 6.52. The molecule has 2 heterocycles. The second-order valence-electron chi connectivity index (χ2n) is 6.75. The lowest BCUT2D eigenvalue weighted by Gasteiger charge is -2.16. The smallest absolute Gasteiger partial charge is 0.232 e. The Bertz CT molecular complexity index is 836. The molecule has 0 bridgehead atoms. The fraction of sp³-hybridized carbons (Fsp3) is 0.400. The second-order valence-corrected chi connectivity index (χ2v) is 6.75. The van der Waals surface area contributed by atoms with Gasteiger partial charge in [0.1, 0.15) is 5.82 Å². The summed E-state index contributed by atoms with van der Waals surface area (Å²) in [7, 11) is 4.77. The predicted molar refractivity (Wildman–Crippen MR) is 98.1 cm³/mol. The lowest BCUT2D eigenvalue weighted by molar-refractivity contribution is -0.117. The number of hydrogen-bond donors (Lipinski definition) is 0. The van der Waals surface area contributed by atoms with Crippen LogP contribution in [0, 0.1) is 5.92 Å². The van der Waals surface area contributed by atoms with Gasteiger partial charge in [-0.2, -0.15) is 0 Å². The van der Waals surface area contributed by atoms with E-state index in [1.165, 1.54) is 12.8 Å². The molecule has 1 aliphatic heterocycles. The topological polar surface area (TPSA) is 60.9 Å². The van der Waals surface area contributed by atoms with Crippen molar-refractivity contribution in [1.29, 1.82) is 0 Å². The van der Waals surface area contributed by atoms with E-state index < -0.39 is 0 Å². The summed E-state index contributed by atoms with van der Waals surface area (Å²) in [6, 6.07) is 5.82. The molecule has 1 aromatic heterocycles. The lowest BCUT2D eigenvalue weighted by Crippen LogP contribution is -2.29. The first kappa shape index (κ1) is 16.7. The summed E-state index contributed by atoms with van der Waals surface area (Å²) in [5.74, 6) is 3.32. The molecule has 0 spiro atoms. The Balaban J connectivity index is 1.71. The van der Waals surface area contributed by atoms with Crippen LogP contribution in [0.4, 0.5) is 5.82 Å². The average molecular weight is 354 g/mol. The molecule has 0 N–H and O–H groups in total. The van der Waals surface area contributed by atoms with Crippen molar-refractivity contribution in [2.75, 3.05) is 32.8 Å². The van der Waals surface area contributed by atoms with Crippen molar-refractivity contribution in [3.05, 3.63) is 30.0 Å². The fourth-order valence-corrected chi connectivity index (χ4v) is 3.41. The van der Waals surface area contributed by atoms with Gasteiger partial charge >= 0.3 is 0 Å². The average Bonchev–Trinajstić information content (AvgIpc) is 3.43. The molecule has 136 valence electrons. The van der Waals surface area contributed by atoms with Crippen molar-refractivity contribution in [1.82, 2.24) is 4.98 Å². The normalized spacial score (nSPS) is 15.8. The molecule has 4 rings (SSSR count). The zero-order valence-corrected chi connectivity index (χ0v) is 15.2. The van der Waals surface area contributed by atoms with Gasteiger partial charge in [-0.25, -0.2) is 4.98 Å². The van der Waals surface area contributed by atoms with E-state index in [0.717, 1.165) is 29.1 Å². The van der Waals surface area contributed by atoms with Crippen LogP contribution in [0.25, 0.3) is 11.1 Å². The van der Waals surface area contributed by atoms with Crippen LogP contribution in [0.3, 0.4) is 0 Å². The van der Waals surface area contributed by atoms with E-state index in [1.54, 1.807) is 27.5 Å². The summed E-state index contributed by atoms with van der Waals surface area (Å²) in [5, 5.41) is 0. The molecule has 6 nitrogen and oxygen atoms in total. The first-order valence-corrected chi connectivity index (χ1v) is 8.74. The molecule has 0 radical (unpaired) electrons. The first-order valence-electron chi connectivity index (χ1n) is 8.74. The van der Waals surface area contributed by atoms with Crippen LogP contribution in [0.2, 0.25) is 0 Å². The molecule has 26 heavy (non-hydrogen) atoms. The highest BCUT2D eigenvalue weighted by atomic mass is 16.5. The van der Waals surface area contributed by atoms with E-state index in [0.29, 0.717) is 29.6 Å². The summed E-state index contributed by atoms with van der Waals surface area (Å²) >= 11 is 0. The van der Waals surface area contributed by atoms with Crippen LogP contribution in [0.1, 0.15) is 18.4 Å². The van der Waals surface area contributed by atoms with Crippen molar-refractivity contribution in [3.8, 4) is 28.4 Å². The standard InChI is InChI=1S/C20H22N2O4/c1-24-16-7-13(8-17(25-2)19(16)26-3)15-6-14-9-18(23)22(11-12-4-5-12)20(14)21-10-15/h6-8,10,12H,4-5,9,11H2,1-3H3. The third-order valence-corrected chi connectivity index (χ3v) is 4.98. The van der Waals surface area contributed by atoms with Gasteiger partial charge in [0.05, 0.1) is 27.8 Å². The summed E-state index contributed by atoms with van der Waals surface area (Å²) < 4.78 is 16.2. The Morgan fingerprint density at radius 1 is 1.04 bits per heavy atom. The molecule has 1 aliphatic carbocycles. The maximum absolute atomic E-state index is 12.4. The quantitative estimate of drug-likeness (QED) is 0.798. The Morgan fingerprint density at radius 2 is 1.73 bits per heavy atom. The van der Waals surface area contributed by atoms with E-state index in [9.17, 15) is 4.79 Å². The summed E-state index contributed by atoms with van der Waals surface area (Å²) in [4.78, 5) is 18.8. The van der Waals surface area contributed by atoms with Crippen molar-refractivity contribution in [2.45, 2.75) is 19.3 Å². The van der Waals surface area contributed by atoms with Crippen molar-refractivity contribution in [2.24, 2.45) is 5.92 Å². The molecule has 0 unspecified atom stereocenters. The van der Waals surface area contributed by atoms with Gasteiger partial charge in [0.25, 0.3) is 0 Å². The molecule has 1 aromatic carbocycles. The molecular weight excluding hydrogens is 332 g/mol. The monoisotopic (exact) mass is 354 g/mol. The number of methoxy groups -OCH3 is 3. The maximum Gasteiger partial charge on any atom is 0.232 e. The minimum absolute atomic E-state index is 0.140. The number of benzene rings is 1. The Morgan fingerprint density at radius 3 is 2.31 bits per heavy atom. The van der Waals surface area contributed by atoms with E-state index in [1.807, 2.05) is 23.1 Å². The van der Waals surface area contributed by atoms with Gasteiger partial charge in [-0.05, 0) is 42.5 Å². The Hall–Kier alpha value is -2.76. The van der Waals surface area contributed by atoms with Crippen LogP contribution in [-0.2, 0) is 11.2 Å². The van der Waals surface area contributed by atoms with Crippen molar-refractivity contribution in [3.63, 3.8) is 0 Å². The summed E-state index contributed by atoms with van der Waals surface area (Å²) in [6.07, 6.45) is 4.64. The van der Waals surface area contributed by atoms with E-state index in [-0.39, 0.29) is 5.91 Å². The Kier molecular flexibility index (Phi) is 4.18. The zero-order valence-electron chi connectivity index (χ0n) is 15.2. The third-order valence-electron chi connectivity index (χ3n) is 4.98. The number of hydrogen-bond acceptors (Lipinski definition) is 5. The van der Waals surface area contributed by atoms with Crippen LogP contribution in [-0.4, -0.2) is 38.8 Å². The lowest BCUT2D eigenvalue weighted by atomic mass is 10.0. The largest absolute Gasteiger partial charge is 0.493 e. The minimum atomic E-state index is 0.140. The SMILES string of the molecule is COc1cc(-c2cnc3c(c2)CC(=O)N3CC2CC2)cc(OC)c1OC. The van der Waals surface area contributed by atoms with Crippen molar-refractivity contribution >= 4 is 11.7 Å². The molecule has 2 aliphatic rings. The number of carbonyl (C=O) groups excluding carboxylic acids is 1. The van der Waals surface area contributed by atoms with Crippen LogP contribution in [0.5, 0.6) is 17.2 Å². The summed E-state index contributed by atoms with van der Waals surface area (Å²) in [5.41, 5.74) is 2.80. The van der Waals surface area contributed by atoms with Gasteiger partial charge in [0.15, 0.2) is 11.5 Å². The molecule has 1 amide bonds. The highest BCUT2D eigenvalue weighted by molar-refractivity contribution is 6.00. The van der Waals surface area contributed by atoms with Crippen LogP contribution >= 0.6 is 0 Å². The van der Waals surface area contributed by atoms with Crippen LogP contribution in [0.15, 0.2) is 24.4 Å². The number of anilines is 1. The Labute approximate surface area is 152 Å². The van der Waals surface area contributed by atoms with Crippen LogP contribution < -0.4 is 19.1 Å². The predicted octanol–water partition coefficient (Wildman–Crippen LogP) is 3.07. The number of fused-ring (bicyclic) bond motifs is 1. The molecular formula is C20H22N2O4. The first-order chi connectivity index (χ1) is 12.6. The van der Waals surface area contributed by atoms with Gasteiger partial charge in [0.2, 0.25) is 11.7 Å². The van der Waals surface area contributed by atoms with E-state index >= 15 is 0 Å². The maximum atomic E-state index is 12.4. The number of amides is 1. The van der Waals surface area contributed by atoms with Gasteiger partial charge in [0, 0.05) is 23.9 Å². The zero-order chi connectivity index (χ0) is 18.3. The van der Waals surface area contributed by atoms with E-state index in [4.69, 9.17) is 14.2 Å². The molecule has 2 aromatic rings. The van der Waals surface area contributed by atoms with E-state index in [2.05, 4.69) is 4.98 Å². The third kappa shape index (κ3) is 2.85. The number of nitrogens with zero attached hydrogens (tertiary/aromatic N) is 2. The fourth-order valence-electron chi connectivity index (χ4n) is 3.41. The van der Waals surface area contributed by atoms with Gasteiger partial charge in [-0.3, -0.25) is 9.69 Å². The van der Waals surface area contributed by atoms with Gasteiger partial charge in [-0.15, -0.1) is 0 Å². The molecule has 0 atom stereocenters. The number of ether oxygens (including phenoxy) is 3. The minimum Gasteiger partial charge on any atom is -0.493 e. The number of pyridine rings is 1. The molecule has 1 saturated carbocycles. The highest BCUT2D eigenvalue weighted by Gasteiger charge is 2.34. The molecule has 0 saturated heterocycles.